The summed E-state index contributed by atoms with van der Waals surface area (Å²) >= 11 is 0. The molecule has 0 fully saturated rings. The molecule has 2 heterocycles. The highest BCUT2D eigenvalue weighted by Crippen LogP contribution is 2.28. The van der Waals surface area contributed by atoms with Crippen LogP contribution in [0, 0.1) is 0 Å². The van der Waals surface area contributed by atoms with Crippen molar-refractivity contribution in [2.45, 2.75) is 0 Å². The Hall–Kier alpha value is -3.14. The third kappa shape index (κ3) is 2.31. The van der Waals surface area contributed by atoms with Gasteiger partial charge < -0.3 is 9.05 Å². The lowest BCUT2D eigenvalue weighted by Crippen LogP contribution is -1.74. The molecule has 0 atom stereocenters. The van der Waals surface area contributed by atoms with E-state index in [0.29, 0.717) is 17.2 Å². The van der Waals surface area contributed by atoms with Gasteiger partial charge in [0, 0.05) is 23.3 Å². The van der Waals surface area contributed by atoms with Crippen molar-refractivity contribution in [3.8, 4) is 34.0 Å². The Morgan fingerprint density at radius 2 is 1.09 bits per heavy atom. The highest BCUT2D eigenvalue weighted by atomic mass is 16.5. The minimum Gasteiger partial charge on any atom is -0.356 e. The second-order valence-electron chi connectivity index (χ2n) is 4.88. The van der Waals surface area contributed by atoms with Gasteiger partial charge in [0.25, 0.3) is 0 Å². The third-order valence-corrected chi connectivity index (χ3v) is 3.40. The Balaban J connectivity index is 1.66. The van der Waals surface area contributed by atoms with Crippen LogP contribution in [0.15, 0.2) is 81.8 Å². The zero-order valence-corrected chi connectivity index (χ0v) is 11.6. The summed E-state index contributed by atoms with van der Waals surface area (Å²) in [5.74, 6) is 1.29. The maximum absolute atomic E-state index is 5.38. The van der Waals surface area contributed by atoms with Crippen LogP contribution in [0.25, 0.3) is 34.0 Å². The predicted molar refractivity (Wildman–Crippen MR) is 82.9 cm³/mol. The van der Waals surface area contributed by atoms with Gasteiger partial charge in [-0.3, -0.25) is 0 Å². The fourth-order valence-electron chi connectivity index (χ4n) is 2.27. The zero-order chi connectivity index (χ0) is 14.8. The fourth-order valence-corrected chi connectivity index (χ4v) is 2.27. The summed E-state index contributed by atoms with van der Waals surface area (Å²) < 4.78 is 10.8. The summed E-state index contributed by atoms with van der Waals surface area (Å²) in [6, 6.07) is 23.4. The molecular formula is C18H12N2O2. The number of benzene rings is 2. The number of nitrogens with zero attached hydrogens (tertiary/aromatic N) is 2. The number of rotatable bonds is 3. The average Bonchev–Trinajstić information content (AvgIpc) is 3.26. The van der Waals surface area contributed by atoms with E-state index >= 15 is 0 Å². The molecule has 0 saturated carbocycles. The number of hydrogen-bond donors (Lipinski definition) is 0. The first-order valence-corrected chi connectivity index (χ1v) is 6.95. The molecule has 2 aromatic carbocycles. The minimum atomic E-state index is 0.588. The molecule has 4 rings (SSSR count). The molecule has 4 nitrogen and oxygen atoms in total. The van der Waals surface area contributed by atoms with Crippen LogP contribution in [-0.4, -0.2) is 10.3 Å². The maximum atomic E-state index is 5.38. The molecule has 0 aliphatic rings. The van der Waals surface area contributed by atoms with Gasteiger partial charge in [0.15, 0.2) is 17.2 Å². The smallest absolute Gasteiger partial charge is 0.189 e. The van der Waals surface area contributed by atoms with Crippen LogP contribution in [0.3, 0.4) is 0 Å². The van der Waals surface area contributed by atoms with Crippen molar-refractivity contribution in [2.75, 3.05) is 0 Å². The van der Waals surface area contributed by atoms with Gasteiger partial charge in [-0.25, -0.2) is 0 Å². The molecule has 0 saturated heterocycles. The molecule has 0 aliphatic heterocycles. The third-order valence-electron chi connectivity index (χ3n) is 3.40. The molecule has 0 amide bonds. The Morgan fingerprint density at radius 1 is 0.545 bits per heavy atom. The van der Waals surface area contributed by atoms with Crippen LogP contribution in [0.2, 0.25) is 0 Å². The normalized spacial score (nSPS) is 10.7. The lowest BCUT2D eigenvalue weighted by atomic mass is 10.1. The van der Waals surface area contributed by atoms with Crippen molar-refractivity contribution in [1.29, 1.82) is 0 Å². The van der Waals surface area contributed by atoms with Gasteiger partial charge in [-0.05, 0) is 0 Å². The summed E-state index contributed by atoms with van der Waals surface area (Å²) in [6.07, 6.45) is 0. The SMILES string of the molecule is c1ccc(-c2cc(-c3cc(-c4ccccc4)on3)on2)cc1. The first-order valence-electron chi connectivity index (χ1n) is 6.95. The first-order chi connectivity index (χ1) is 10.9. The van der Waals surface area contributed by atoms with Crippen molar-refractivity contribution >= 4 is 0 Å². The van der Waals surface area contributed by atoms with Crippen LogP contribution in [0.4, 0.5) is 0 Å². The fraction of sp³-hybridized carbons (Fsp3) is 0. The highest BCUT2D eigenvalue weighted by Gasteiger charge is 2.13. The van der Waals surface area contributed by atoms with Crippen LogP contribution < -0.4 is 0 Å². The Kier molecular flexibility index (Phi) is 3.05. The summed E-state index contributed by atoms with van der Waals surface area (Å²) in [6.45, 7) is 0. The molecule has 0 aliphatic carbocycles. The molecule has 0 N–H and O–H groups in total. The molecule has 0 spiro atoms. The molecule has 0 unspecified atom stereocenters. The predicted octanol–water partition coefficient (Wildman–Crippen LogP) is 4.66. The van der Waals surface area contributed by atoms with Gasteiger partial charge in [-0.1, -0.05) is 71.0 Å². The maximum Gasteiger partial charge on any atom is 0.189 e. The van der Waals surface area contributed by atoms with Crippen LogP contribution in [-0.2, 0) is 0 Å². The van der Waals surface area contributed by atoms with Gasteiger partial charge >= 0.3 is 0 Å². The second kappa shape index (κ2) is 5.33. The summed E-state index contributed by atoms with van der Waals surface area (Å²) in [7, 11) is 0. The molecule has 22 heavy (non-hydrogen) atoms. The van der Waals surface area contributed by atoms with E-state index in [9.17, 15) is 0 Å². The lowest BCUT2D eigenvalue weighted by molar-refractivity contribution is 0.413. The van der Waals surface area contributed by atoms with Gasteiger partial charge in [0.05, 0.1) is 0 Å². The molecular weight excluding hydrogens is 276 g/mol. The van der Waals surface area contributed by atoms with E-state index < -0.39 is 0 Å². The highest BCUT2D eigenvalue weighted by molar-refractivity contribution is 5.68. The largest absolute Gasteiger partial charge is 0.356 e. The Bertz CT molecular complexity index is 804. The Morgan fingerprint density at radius 3 is 1.82 bits per heavy atom. The van der Waals surface area contributed by atoms with Gasteiger partial charge in [0.1, 0.15) is 5.69 Å². The topological polar surface area (TPSA) is 52.1 Å². The summed E-state index contributed by atoms with van der Waals surface area (Å²) in [5, 5.41) is 8.15. The van der Waals surface area contributed by atoms with Crippen LogP contribution in [0.1, 0.15) is 0 Å². The molecule has 4 heteroatoms. The van der Waals surface area contributed by atoms with Crippen LogP contribution in [0.5, 0.6) is 0 Å². The number of aromatic nitrogens is 2. The monoisotopic (exact) mass is 288 g/mol. The molecule has 4 aromatic rings. The van der Waals surface area contributed by atoms with E-state index in [2.05, 4.69) is 10.3 Å². The molecule has 106 valence electrons. The summed E-state index contributed by atoms with van der Waals surface area (Å²) in [4.78, 5) is 0. The standard InChI is InChI=1S/C18H12N2O2/c1-3-7-13(8-4-1)15-11-18(22-19-15)16-12-17(21-20-16)14-9-5-2-6-10-14/h1-12H. The minimum absolute atomic E-state index is 0.588. The van der Waals surface area contributed by atoms with Crippen molar-refractivity contribution in [3.63, 3.8) is 0 Å². The van der Waals surface area contributed by atoms with Crippen LogP contribution >= 0.6 is 0 Å². The first kappa shape index (κ1) is 12.6. The lowest BCUT2D eigenvalue weighted by Gasteiger charge is -1.91. The van der Waals surface area contributed by atoms with Gasteiger partial charge in [-0.2, -0.15) is 0 Å². The second-order valence-corrected chi connectivity index (χ2v) is 4.88. The molecule has 0 radical (unpaired) electrons. The quantitative estimate of drug-likeness (QED) is 0.550. The van der Waals surface area contributed by atoms with Gasteiger partial charge in [0.2, 0.25) is 0 Å². The van der Waals surface area contributed by atoms with E-state index in [4.69, 9.17) is 9.05 Å². The molecule has 0 bridgehead atoms. The molecule has 2 aromatic heterocycles. The Labute approximate surface area is 127 Å². The van der Waals surface area contributed by atoms with Crippen molar-refractivity contribution in [1.82, 2.24) is 10.3 Å². The van der Waals surface area contributed by atoms with Gasteiger partial charge in [-0.15, -0.1) is 0 Å². The zero-order valence-electron chi connectivity index (χ0n) is 11.6. The number of hydrogen-bond acceptors (Lipinski definition) is 4. The van der Waals surface area contributed by atoms with Crippen molar-refractivity contribution in [3.05, 3.63) is 72.8 Å². The average molecular weight is 288 g/mol. The van der Waals surface area contributed by atoms with Crippen molar-refractivity contribution in [2.24, 2.45) is 0 Å². The van der Waals surface area contributed by atoms with E-state index in [1.54, 1.807) is 0 Å². The van der Waals surface area contributed by atoms with E-state index in [1.165, 1.54) is 0 Å². The van der Waals surface area contributed by atoms with Crippen molar-refractivity contribution < 1.29 is 9.05 Å². The van der Waals surface area contributed by atoms with E-state index in [1.807, 2.05) is 72.8 Å². The van der Waals surface area contributed by atoms with E-state index in [-0.39, 0.29) is 0 Å². The van der Waals surface area contributed by atoms with E-state index in [0.717, 1.165) is 16.8 Å². The summed E-state index contributed by atoms with van der Waals surface area (Å²) in [5.41, 5.74) is 3.39.